The van der Waals surface area contributed by atoms with Gasteiger partial charge in [0.05, 0.1) is 17.9 Å². The molecule has 0 bridgehead atoms. The lowest BCUT2D eigenvalue weighted by molar-refractivity contribution is -0.137. The maximum Gasteiger partial charge on any atom is 0.418 e. The molecule has 2 N–H and O–H groups in total. The number of amides is 2. The van der Waals surface area contributed by atoms with Gasteiger partial charge in [-0.1, -0.05) is 6.07 Å². The van der Waals surface area contributed by atoms with Crippen LogP contribution in [0.25, 0.3) is 0 Å². The minimum absolute atomic E-state index is 0.0805. The average Bonchev–Trinajstić information content (AvgIpc) is 2.63. The van der Waals surface area contributed by atoms with E-state index in [1.54, 1.807) is 29.8 Å². The van der Waals surface area contributed by atoms with Gasteiger partial charge in [0.1, 0.15) is 5.75 Å². The van der Waals surface area contributed by atoms with Gasteiger partial charge in [0.2, 0.25) is 5.56 Å². The highest BCUT2D eigenvalue weighted by atomic mass is 19.4. The number of anilines is 1. The van der Waals surface area contributed by atoms with Crippen LogP contribution in [0, 0.1) is 0 Å². The van der Waals surface area contributed by atoms with E-state index >= 15 is 0 Å². The lowest BCUT2D eigenvalue weighted by Gasteiger charge is -2.16. The number of unbranched alkanes of at least 4 members (excludes halogenated alkanes) is 1. The SMILES string of the molecule is CCOc1ccc(NC(=O)NCCCCn2ccccc2=O)c(C(F)(F)F)c1. The number of benzene rings is 1. The number of aryl methyl sites for hydroxylation is 1. The molecule has 0 aliphatic heterocycles. The highest BCUT2D eigenvalue weighted by Gasteiger charge is 2.34. The van der Waals surface area contributed by atoms with Gasteiger partial charge in [0, 0.05) is 25.4 Å². The Balaban J connectivity index is 1.85. The quantitative estimate of drug-likeness (QED) is 0.665. The number of alkyl halides is 3. The summed E-state index contributed by atoms with van der Waals surface area (Å²) >= 11 is 0. The normalized spacial score (nSPS) is 11.1. The van der Waals surface area contributed by atoms with Crippen molar-refractivity contribution in [3.63, 3.8) is 0 Å². The number of carbonyl (C=O) groups is 1. The maximum absolute atomic E-state index is 13.2. The third-order valence-corrected chi connectivity index (χ3v) is 3.87. The summed E-state index contributed by atoms with van der Waals surface area (Å²) in [5.41, 5.74) is -1.43. The molecule has 0 aliphatic rings. The average molecular weight is 397 g/mol. The molecule has 1 aromatic heterocycles. The number of hydrogen-bond donors (Lipinski definition) is 2. The van der Waals surface area contributed by atoms with E-state index < -0.39 is 17.8 Å². The topological polar surface area (TPSA) is 72.4 Å². The first kappa shape index (κ1) is 21.3. The van der Waals surface area contributed by atoms with Crippen LogP contribution in [0.4, 0.5) is 23.7 Å². The van der Waals surface area contributed by atoms with Crippen molar-refractivity contribution in [2.24, 2.45) is 0 Å². The molecule has 1 heterocycles. The highest BCUT2D eigenvalue weighted by Crippen LogP contribution is 2.37. The van der Waals surface area contributed by atoms with Crippen molar-refractivity contribution in [1.29, 1.82) is 0 Å². The van der Waals surface area contributed by atoms with Crippen molar-refractivity contribution in [2.75, 3.05) is 18.5 Å². The Labute approximate surface area is 160 Å². The Bertz CT molecular complexity index is 850. The molecule has 152 valence electrons. The van der Waals surface area contributed by atoms with Gasteiger partial charge in [0.15, 0.2) is 0 Å². The summed E-state index contributed by atoms with van der Waals surface area (Å²) in [7, 11) is 0. The van der Waals surface area contributed by atoms with Crippen molar-refractivity contribution in [2.45, 2.75) is 32.5 Å². The Hall–Kier alpha value is -2.97. The van der Waals surface area contributed by atoms with E-state index in [2.05, 4.69) is 10.6 Å². The molecule has 0 fully saturated rings. The smallest absolute Gasteiger partial charge is 0.418 e. The molecule has 0 unspecified atom stereocenters. The predicted octanol–water partition coefficient (Wildman–Crippen LogP) is 3.87. The molecule has 6 nitrogen and oxygen atoms in total. The summed E-state index contributed by atoms with van der Waals surface area (Å²) in [6, 6.07) is 7.52. The van der Waals surface area contributed by atoms with Crippen LogP contribution < -0.4 is 20.9 Å². The number of aromatic nitrogens is 1. The fraction of sp³-hybridized carbons (Fsp3) is 0.368. The zero-order chi connectivity index (χ0) is 20.6. The minimum Gasteiger partial charge on any atom is -0.494 e. The first-order valence-corrected chi connectivity index (χ1v) is 8.85. The second kappa shape index (κ2) is 9.82. The summed E-state index contributed by atoms with van der Waals surface area (Å²) < 4.78 is 46.3. The number of rotatable bonds is 8. The zero-order valence-corrected chi connectivity index (χ0v) is 15.4. The number of nitrogens with one attached hydrogen (secondary N) is 2. The molecule has 0 saturated carbocycles. The van der Waals surface area contributed by atoms with Crippen molar-refractivity contribution >= 4 is 11.7 Å². The number of carbonyl (C=O) groups excluding carboxylic acids is 1. The van der Waals surface area contributed by atoms with Crippen LogP contribution >= 0.6 is 0 Å². The van der Waals surface area contributed by atoms with Crippen LogP contribution in [0.1, 0.15) is 25.3 Å². The second-order valence-corrected chi connectivity index (χ2v) is 5.96. The standard InChI is InChI=1S/C19H22F3N3O3/c1-2-28-14-8-9-16(15(13-14)19(20,21)22)24-18(27)23-10-4-6-12-25-11-5-3-7-17(25)26/h3,5,7-9,11,13H,2,4,6,10,12H2,1H3,(H2,23,24,27). The van der Waals surface area contributed by atoms with Crippen molar-refractivity contribution < 1.29 is 22.7 Å². The molecular weight excluding hydrogens is 375 g/mol. The molecule has 0 aliphatic carbocycles. The van der Waals surface area contributed by atoms with Crippen LogP contribution in [0.3, 0.4) is 0 Å². The van der Waals surface area contributed by atoms with E-state index in [4.69, 9.17) is 4.74 Å². The Morgan fingerprint density at radius 3 is 2.64 bits per heavy atom. The summed E-state index contributed by atoms with van der Waals surface area (Å²) in [5.74, 6) is 0.0805. The molecule has 1 aromatic carbocycles. The number of nitrogens with zero attached hydrogens (tertiary/aromatic N) is 1. The molecule has 2 rings (SSSR count). The molecule has 2 aromatic rings. The first-order valence-electron chi connectivity index (χ1n) is 8.85. The summed E-state index contributed by atoms with van der Waals surface area (Å²) in [6.45, 7) is 2.67. The third kappa shape index (κ3) is 6.33. The lowest BCUT2D eigenvalue weighted by Crippen LogP contribution is -2.30. The van der Waals surface area contributed by atoms with Crippen LogP contribution in [-0.4, -0.2) is 23.7 Å². The van der Waals surface area contributed by atoms with E-state index in [1.165, 1.54) is 12.1 Å². The van der Waals surface area contributed by atoms with E-state index in [-0.39, 0.29) is 30.1 Å². The fourth-order valence-electron chi connectivity index (χ4n) is 2.54. The summed E-state index contributed by atoms with van der Waals surface area (Å²) in [6.07, 6.45) is -1.74. The summed E-state index contributed by atoms with van der Waals surface area (Å²) in [4.78, 5) is 23.5. The van der Waals surface area contributed by atoms with Crippen molar-refractivity contribution in [3.8, 4) is 5.75 Å². The molecule has 0 radical (unpaired) electrons. The number of hydrogen-bond acceptors (Lipinski definition) is 3. The number of ether oxygens (including phenoxy) is 1. The van der Waals surface area contributed by atoms with E-state index in [0.717, 1.165) is 12.1 Å². The van der Waals surface area contributed by atoms with Gasteiger partial charge in [-0.05, 0) is 44.0 Å². The van der Waals surface area contributed by atoms with Crippen LogP contribution in [-0.2, 0) is 12.7 Å². The molecule has 0 atom stereocenters. The number of urea groups is 1. The van der Waals surface area contributed by atoms with Gasteiger partial charge in [-0.2, -0.15) is 13.2 Å². The summed E-state index contributed by atoms with van der Waals surface area (Å²) in [5, 5.41) is 4.74. The number of halogens is 3. The monoisotopic (exact) mass is 397 g/mol. The van der Waals surface area contributed by atoms with Gasteiger partial charge in [0.25, 0.3) is 0 Å². The van der Waals surface area contributed by atoms with Gasteiger partial charge in [-0.25, -0.2) is 4.79 Å². The predicted molar refractivity (Wildman–Crippen MR) is 99.6 cm³/mol. The van der Waals surface area contributed by atoms with Crippen LogP contribution in [0.5, 0.6) is 5.75 Å². The molecule has 28 heavy (non-hydrogen) atoms. The molecule has 0 spiro atoms. The van der Waals surface area contributed by atoms with Crippen LogP contribution in [0.2, 0.25) is 0 Å². The Kier molecular flexibility index (Phi) is 7.48. The van der Waals surface area contributed by atoms with E-state index in [9.17, 15) is 22.8 Å². The minimum atomic E-state index is -4.63. The fourth-order valence-corrected chi connectivity index (χ4v) is 2.54. The largest absolute Gasteiger partial charge is 0.494 e. The van der Waals surface area contributed by atoms with Gasteiger partial charge in [-0.3, -0.25) is 4.79 Å². The van der Waals surface area contributed by atoms with Gasteiger partial charge >= 0.3 is 12.2 Å². The van der Waals surface area contributed by atoms with Crippen LogP contribution in [0.15, 0.2) is 47.4 Å². The van der Waals surface area contributed by atoms with Crippen molar-refractivity contribution in [3.05, 3.63) is 58.5 Å². The molecule has 2 amide bonds. The second-order valence-electron chi connectivity index (χ2n) is 5.96. The first-order chi connectivity index (χ1) is 13.3. The van der Waals surface area contributed by atoms with Crippen molar-refractivity contribution in [1.82, 2.24) is 9.88 Å². The number of pyridine rings is 1. The van der Waals surface area contributed by atoms with Gasteiger partial charge in [-0.15, -0.1) is 0 Å². The Morgan fingerprint density at radius 1 is 1.18 bits per heavy atom. The van der Waals surface area contributed by atoms with E-state index in [0.29, 0.717) is 19.4 Å². The zero-order valence-electron chi connectivity index (χ0n) is 15.4. The van der Waals surface area contributed by atoms with E-state index in [1.807, 2.05) is 0 Å². The third-order valence-electron chi connectivity index (χ3n) is 3.87. The maximum atomic E-state index is 13.2. The molecular formula is C19H22F3N3O3. The molecule has 9 heteroatoms. The Morgan fingerprint density at radius 2 is 1.96 bits per heavy atom. The lowest BCUT2D eigenvalue weighted by atomic mass is 10.1. The highest BCUT2D eigenvalue weighted by molar-refractivity contribution is 5.90. The molecule has 0 saturated heterocycles. The van der Waals surface area contributed by atoms with Gasteiger partial charge < -0.3 is 19.9 Å².